The Hall–Kier alpha value is -0.610. The van der Waals surface area contributed by atoms with Gasteiger partial charge in [-0.2, -0.15) is 0 Å². The van der Waals surface area contributed by atoms with Crippen LogP contribution < -0.4 is 0 Å². The van der Waals surface area contributed by atoms with Gasteiger partial charge in [-0.25, -0.2) is 0 Å². The Morgan fingerprint density at radius 2 is 1.76 bits per heavy atom. The van der Waals surface area contributed by atoms with E-state index in [9.17, 15) is 9.90 Å². The molecule has 122 valence electrons. The van der Waals surface area contributed by atoms with Gasteiger partial charge in [-0.1, -0.05) is 13.3 Å². The Balaban J connectivity index is 1.80. The predicted molar refractivity (Wildman–Crippen MR) is 85.1 cm³/mol. The van der Waals surface area contributed by atoms with Crippen LogP contribution in [0.3, 0.4) is 0 Å². The first-order valence-corrected chi connectivity index (χ1v) is 8.68. The second kappa shape index (κ2) is 7.10. The van der Waals surface area contributed by atoms with Gasteiger partial charge in [0.05, 0.1) is 12.0 Å². The lowest BCUT2D eigenvalue weighted by Crippen LogP contribution is -2.50. The molecular formula is C17H32N2O2. The average molecular weight is 296 g/mol. The Labute approximate surface area is 129 Å². The minimum absolute atomic E-state index is 0.157. The van der Waals surface area contributed by atoms with E-state index in [0.717, 1.165) is 57.8 Å². The van der Waals surface area contributed by atoms with Gasteiger partial charge in [-0.15, -0.1) is 0 Å². The van der Waals surface area contributed by atoms with Gasteiger partial charge in [-0.3, -0.25) is 4.79 Å². The third-order valence-electron chi connectivity index (χ3n) is 5.48. The number of nitrogens with zero attached hydrogens (tertiary/aromatic N) is 2. The van der Waals surface area contributed by atoms with E-state index < -0.39 is 5.60 Å². The van der Waals surface area contributed by atoms with Crippen LogP contribution in [0.25, 0.3) is 0 Å². The molecule has 1 N–H and O–H groups in total. The summed E-state index contributed by atoms with van der Waals surface area (Å²) in [4.78, 5) is 16.8. The molecule has 0 unspecified atom stereocenters. The van der Waals surface area contributed by atoms with Crippen molar-refractivity contribution in [1.29, 1.82) is 0 Å². The van der Waals surface area contributed by atoms with Crippen molar-refractivity contribution in [2.24, 2.45) is 5.92 Å². The number of piperidine rings is 2. The fourth-order valence-corrected chi connectivity index (χ4v) is 3.62. The van der Waals surface area contributed by atoms with Crippen LogP contribution >= 0.6 is 0 Å². The summed E-state index contributed by atoms with van der Waals surface area (Å²) in [5.74, 6) is 0.941. The summed E-state index contributed by atoms with van der Waals surface area (Å²) in [6, 6.07) is 0.526. The molecule has 21 heavy (non-hydrogen) atoms. The molecule has 2 aliphatic rings. The van der Waals surface area contributed by atoms with Crippen LogP contribution in [0, 0.1) is 5.92 Å². The van der Waals surface area contributed by atoms with Gasteiger partial charge < -0.3 is 14.9 Å². The predicted octanol–water partition coefficient (Wildman–Crippen LogP) is 2.26. The molecule has 2 aliphatic heterocycles. The van der Waals surface area contributed by atoms with Crippen LogP contribution in [0.5, 0.6) is 0 Å². The normalized spacial score (nSPS) is 24.5. The van der Waals surface area contributed by atoms with Crippen LogP contribution in [-0.2, 0) is 4.79 Å². The maximum atomic E-state index is 12.4. The monoisotopic (exact) mass is 296 g/mol. The van der Waals surface area contributed by atoms with Gasteiger partial charge in [-0.05, 0) is 45.4 Å². The third kappa shape index (κ3) is 4.43. The van der Waals surface area contributed by atoms with Crippen LogP contribution in [0.1, 0.15) is 59.3 Å². The topological polar surface area (TPSA) is 43.8 Å². The zero-order valence-electron chi connectivity index (χ0n) is 14.0. The van der Waals surface area contributed by atoms with Crippen LogP contribution in [0.2, 0.25) is 0 Å². The maximum Gasteiger partial charge on any atom is 0.225 e. The van der Waals surface area contributed by atoms with E-state index in [1.54, 1.807) is 0 Å². The number of likely N-dealkylation sites (tertiary alicyclic amines) is 2. The lowest BCUT2D eigenvalue weighted by molar-refractivity contribution is -0.140. The Bertz CT molecular complexity index is 341. The number of aliphatic hydroxyl groups is 1. The first-order chi connectivity index (χ1) is 9.93. The highest BCUT2D eigenvalue weighted by Gasteiger charge is 2.36. The number of carbonyl (C=O) groups excluding carboxylic acids is 1. The first kappa shape index (κ1) is 16.8. The molecule has 0 aromatic carbocycles. The van der Waals surface area contributed by atoms with Gasteiger partial charge in [0.25, 0.3) is 0 Å². The molecule has 0 atom stereocenters. The summed E-state index contributed by atoms with van der Waals surface area (Å²) in [6.07, 6.45) is 5.24. The van der Waals surface area contributed by atoms with Crippen molar-refractivity contribution in [3.05, 3.63) is 0 Å². The molecule has 0 aliphatic carbocycles. The fraction of sp³-hybridized carbons (Fsp3) is 0.941. The van der Waals surface area contributed by atoms with Crippen molar-refractivity contribution in [1.82, 2.24) is 9.80 Å². The molecule has 1 amide bonds. The number of amides is 1. The molecule has 2 rings (SSSR count). The largest absolute Gasteiger partial charge is 0.389 e. The van der Waals surface area contributed by atoms with E-state index in [0.29, 0.717) is 12.5 Å². The number of hydrogen-bond acceptors (Lipinski definition) is 3. The molecule has 0 spiro atoms. The smallest absolute Gasteiger partial charge is 0.225 e. The molecule has 0 aromatic heterocycles. The molecule has 0 saturated carbocycles. The van der Waals surface area contributed by atoms with Crippen molar-refractivity contribution >= 4 is 5.91 Å². The Morgan fingerprint density at radius 3 is 2.24 bits per heavy atom. The summed E-state index contributed by atoms with van der Waals surface area (Å²) in [5.41, 5.74) is -0.774. The Kier molecular flexibility index (Phi) is 5.67. The number of hydrogen-bond donors (Lipinski definition) is 1. The summed E-state index contributed by atoms with van der Waals surface area (Å²) in [7, 11) is 0. The van der Waals surface area contributed by atoms with E-state index in [-0.39, 0.29) is 5.91 Å². The minimum Gasteiger partial charge on any atom is -0.389 e. The quantitative estimate of drug-likeness (QED) is 0.865. The van der Waals surface area contributed by atoms with E-state index in [4.69, 9.17) is 0 Å². The molecule has 0 aromatic rings. The van der Waals surface area contributed by atoms with Gasteiger partial charge in [0.15, 0.2) is 0 Å². The highest BCUT2D eigenvalue weighted by Crippen LogP contribution is 2.28. The first-order valence-electron chi connectivity index (χ1n) is 8.68. The van der Waals surface area contributed by atoms with Gasteiger partial charge in [0, 0.05) is 32.2 Å². The molecule has 4 heteroatoms. The van der Waals surface area contributed by atoms with E-state index in [1.165, 1.54) is 6.42 Å². The lowest BCUT2D eigenvalue weighted by Gasteiger charge is -2.41. The van der Waals surface area contributed by atoms with E-state index >= 15 is 0 Å². The fourth-order valence-electron chi connectivity index (χ4n) is 3.62. The second-order valence-corrected chi connectivity index (χ2v) is 7.26. The number of rotatable bonds is 4. The van der Waals surface area contributed by atoms with Gasteiger partial charge in [0.2, 0.25) is 5.91 Å². The molecule has 0 radical (unpaired) electrons. The molecule has 2 saturated heterocycles. The van der Waals surface area contributed by atoms with Crippen LogP contribution in [0.15, 0.2) is 0 Å². The third-order valence-corrected chi connectivity index (χ3v) is 5.48. The van der Waals surface area contributed by atoms with E-state index in [2.05, 4.69) is 25.7 Å². The molecule has 0 bridgehead atoms. The van der Waals surface area contributed by atoms with Crippen molar-refractivity contribution in [3.63, 3.8) is 0 Å². The van der Waals surface area contributed by atoms with Crippen molar-refractivity contribution in [2.45, 2.75) is 70.9 Å². The summed E-state index contributed by atoms with van der Waals surface area (Å²) < 4.78 is 0. The summed E-state index contributed by atoms with van der Waals surface area (Å²) >= 11 is 0. The molecular weight excluding hydrogens is 264 g/mol. The standard InChI is InChI=1S/C17H32N2O2/c1-4-15-5-9-19(10-6-15)16(20)13-17(21)7-11-18(12-8-17)14(2)3/h14-15,21H,4-13H2,1-3H3. The minimum atomic E-state index is -0.774. The van der Waals surface area contributed by atoms with Crippen LogP contribution in [0.4, 0.5) is 0 Å². The Morgan fingerprint density at radius 1 is 1.19 bits per heavy atom. The highest BCUT2D eigenvalue weighted by atomic mass is 16.3. The lowest BCUT2D eigenvalue weighted by atomic mass is 9.86. The highest BCUT2D eigenvalue weighted by molar-refractivity contribution is 5.77. The van der Waals surface area contributed by atoms with Crippen molar-refractivity contribution in [3.8, 4) is 0 Å². The molecule has 2 heterocycles. The molecule has 4 nitrogen and oxygen atoms in total. The van der Waals surface area contributed by atoms with Crippen molar-refractivity contribution < 1.29 is 9.90 Å². The molecule has 2 fully saturated rings. The second-order valence-electron chi connectivity index (χ2n) is 7.26. The zero-order chi connectivity index (χ0) is 15.5. The van der Waals surface area contributed by atoms with Gasteiger partial charge >= 0.3 is 0 Å². The average Bonchev–Trinajstić information content (AvgIpc) is 2.47. The van der Waals surface area contributed by atoms with Crippen molar-refractivity contribution in [2.75, 3.05) is 26.2 Å². The van der Waals surface area contributed by atoms with E-state index in [1.807, 2.05) is 4.90 Å². The van der Waals surface area contributed by atoms with Crippen LogP contribution in [-0.4, -0.2) is 58.6 Å². The SMILES string of the molecule is CCC1CCN(C(=O)CC2(O)CCN(C(C)C)CC2)CC1. The zero-order valence-corrected chi connectivity index (χ0v) is 14.0. The number of carbonyl (C=O) groups is 1. The maximum absolute atomic E-state index is 12.4. The van der Waals surface area contributed by atoms with Gasteiger partial charge in [0.1, 0.15) is 0 Å². The summed E-state index contributed by atoms with van der Waals surface area (Å²) in [6.45, 7) is 10.2. The summed E-state index contributed by atoms with van der Waals surface area (Å²) in [5, 5.41) is 10.7.